The molecule has 0 saturated carbocycles. The largest absolute Gasteiger partial charge is 0.333 e. The van der Waals surface area contributed by atoms with Crippen LogP contribution < -0.4 is 21.3 Å². The predicted octanol–water partition coefficient (Wildman–Crippen LogP) is 3.56. The first kappa shape index (κ1) is 22.1. The van der Waals surface area contributed by atoms with Gasteiger partial charge in [0.1, 0.15) is 4.21 Å². The molecule has 0 atom stereocenters. The Morgan fingerprint density at radius 1 is 1.00 bits per heavy atom. The smallest absolute Gasteiger partial charge is 0.307 e. The summed E-state index contributed by atoms with van der Waals surface area (Å²) < 4.78 is 27.3. The maximum Gasteiger partial charge on any atom is 0.333 e. The molecular formula is C19H12Cl2N4O5S2. The summed E-state index contributed by atoms with van der Waals surface area (Å²) in [6.45, 7) is 0. The predicted molar refractivity (Wildman–Crippen MR) is 124 cm³/mol. The van der Waals surface area contributed by atoms with Crippen molar-refractivity contribution in [2.75, 3.05) is 5.32 Å². The van der Waals surface area contributed by atoms with Gasteiger partial charge in [0.05, 0.1) is 20.9 Å². The Balaban J connectivity index is 1.56. The molecule has 0 unspecified atom stereocenters. The second kappa shape index (κ2) is 8.43. The van der Waals surface area contributed by atoms with E-state index >= 15 is 0 Å². The minimum atomic E-state index is -4.07. The third-order valence-corrected chi connectivity index (χ3v) is 7.57. The topological polar surface area (TPSA) is 130 Å². The molecule has 9 nitrogen and oxygen atoms in total. The lowest BCUT2D eigenvalue weighted by molar-refractivity contribution is 0.256. The van der Waals surface area contributed by atoms with Crippen molar-refractivity contribution < 1.29 is 13.2 Å². The van der Waals surface area contributed by atoms with Crippen LogP contribution in [0.2, 0.25) is 9.36 Å². The first-order valence-electron chi connectivity index (χ1n) is 8.78. The van der Waals surface area contributed by atoms with E-state index in [1.807, 2.05) is 4.72 Å². The van der Waals surface area contributed by atoms with Crippen LogP contribution >= 0.6 is 34.5 Å². The van der Waals surface area contributed by atoms with Crippen LogP contribution in [0.4, 0.5) is 10.5 Å². The van der Waals surface area contributed by atoms with E-state index in [4.69, 9.17) is 23.2 Å². The third kappa shape index (κ3) is 4.41. The highest BCUT2D eigenvalue weighted by atomic mass is 35.5. The van der Waals surface area contributed by atoms with Crippen molar-refractivity contribution in [3.8, 4) is 5.69 Å². The molecule has 0 bridgehead atoms. The van der Waals surface area contributed by atoms with Gasteiger partial charge in [0.15, 0.2) is 0 Å². The van der Waals surface area contributed by atoms with Crippen molar-refractivity contribution in [1.29, 1.82) is 0 Å². The van der Waals surface area contributed by atoms with Crippen LogP contribution in [0, 0.1) is 0 Å². The summed E-state index contributed by atoms with van der Waals surface area (Å²) in [6, 6.07) is 11.9. The molecule has 3 N–H and O–H groups in total. The number of rotatable bonds is 4. The lowest BCUT2D eigenvalue weighted by Gasteiger charge is -2.10. The molecule has 32 heavy (non-hydrogen) atoms. The number of carbonyl (C=O) groups is 1. The highest BCUT2D eigenvalue weighted by molar-refractivity contribution is 7.92. The number of thiophene rings is 1. The summed E-state index contributed by atoms with van der Waals surface area (Å²) in [5, 5.41) is 3.02. The highest BCUT2D eigenvalue weighted by Crippen LogP contribution is 2.25. The number of aromatic amines is 1. The Hall–Kier alpha value is -3.12. The molecule has 0 saturated heterocycles. The van der Waals surface area contributed by atoms with Crippen LogP contribution in [-0.4, -0.2) is 24.0 Å². The Morgan fingerprint density at radius 2 is 1.72 bits per heavy atom. The van der Waals surface area contributed by atoms with Gasteiger partial charge in [-0.3, -0.25) is 4.79 Å². The Morgan fingerprint density at radius 3 is 2.38 bits per heavy atom. The van der Waals surface area contributed by atoms with Crippen LogP contribution in [0.25, 0.3) is 16.6 Å². The molecule has 2 aromatic heterocycles. The number of nitrogens with one attached hydrogen (secondary N) is 3. The molecule has 13 heteroatoms. The number of halogens is 2. The fourth-order valence-corrected chi connectivity index (χ4v) is 5.45. The number of hydrogen-bond acceptors (Lipinski definition) is 6. The Bertz CT molecular complexity index is 1570. The average Bonchev–Trinajstić information content (AvgIpc) is 3.16. The van der Waals surface area contributed by atoms with Crippen LogP contribution in [-0.2, 0) is 10.0 Å². The van der Waals surface area contributed by atoms with E-state index in [-0.39, 0.29) is 25.3 Å². The average molecular weight is 511 g/mol. The Kier molecular flexibility index (Phi) is 5.82. The minimum absolute atomic E-state index is 0.107. The van der Waals surface area contributed by atoms with Crippen molar-refractivity contribution in [1.82, 2.24) is 14.3 Å². The SMILES string of the molecule is O=C(Nc1ccc(-n2c(=O)[nH]c3cc(Cl)ccc3c2=O)cc1)NS(=O)(=O)c1ccc(Cl)s1. The molecular weight excluding hydrogens is 499 g/mol. The summed E-state index contributed by atoms with van der Waals surface area (Å²) in [7, 11) is -4.07. The first-order valence-corrected chi connectivity index (χ1v) is 11.8. The molecule has 0 fully saturated rings. The number of anilines is 1. The normalized spacial score (nSPS) is 11.4. The van der Waals surface area contributed by atoms with Gasteiger partial charge in [0.2, 0.25) is 0 Å². The van der Waals surface area contributed by atoms with Gasteiger partial charge in [-0.1, -0.05) is 23.2 Å². The molecule has 4 rings (SSSR count). The lowest BCUT2D eigenvalue weighted by atomic mass is 10.2. The zero-order valence-electron chi connectivity index (χ0n) is 15.8. The van der Waals surface area contributed by atoms with Gasteiger partial charge in [-0.15, -0.1) is 11.3 Å². The number of urea groups is 1. The number of fused-ring (bicyclic) bond motifs is 1. The molecule has 0 aliphatic heterocycles. The quantitative estimate of drug-likeness (QED) is 0.386. The zero-order chi connectivity index (χ0) is 23.0. The van der Waals surface area contributed by atoms with E-state index in [0.717, 1.165) is 15.9 Å². The van der Waals surface area contributed by atoms with Gasteiger partial charge in [-0.25, -0.2) is 27.3 Å². The Labute approximate surface area is 194 Å². The van der Waals surface area contributed by atoms with Gasteiger partial charge >= 0.3 is 11.7 Å². The molecule has 0 spiro atoms. The molecule has 0 radical (unpaired) electrons. The second-order valence-electron chi connectivity index (χ2n) is 6.43. The minimum Gasteiger partial charge on any atom is -0.307 e. The number of hydrogen-bond donors (Lipinski definition) is 3. The molecule has 164 valence electrons. The third-order valence-electron chi connectivity index (χ3n) is 4.28. The molecule has 4 aromatic rings. The molecule has 2 amide bonds. The molecule has 2 aromatic carbocycles. The van der Waals surface area contributed by atoms with Crippen molar-refractivity contribution >= 4 is 67.2 Å². The van der Waals surface area contributed by atoms with Gasteiger partial charge in [0, 0.05) is 10.7 Å². The number of aromatic nitrogens is 2. The maximum atomic E-state index is 12.8. The molecule has 0 aliphatic carbocycles. The van der Waals surface area contributed by atoms with E-state index in [2.05, 4.69) is 10.3 Å². The lowest BCUT2D eigenvalue weighted by Crippen LogP contribution is -2.34. The van der Waals surface area contributed by atoms with Crippen LogP contribution in [0.5, 0.6) is 0 Å². The summed E-state index contributed by atoms with van der Waals surface area (Å²) in [5.74, 6) is 0. The molecule has 0 aliphatic rings. The zero-order valence-corrected chi connectivity index (χ0v) is 18.9. The van der Waals surface area contributed by atoms with Gasteiger partial charge in [-0.2, -0.15) is 0 Å². The summed E-state index contributed by atoms with van der Waals surface area (Å²) in [6.07, 6.45) is 0. The second-order valence-corrected chi connectivity index (χ2v) is 10.5. The van der Waals surface area contributed by atoms with Crippen molar-refractivity contribution in [2.24, 2.45) is 0 Å². The van der Waals surface area contributed by atoms with Gasteiger partial charge < -0.3 is 10.3 Å². The van der Waals surface area contributed by atoms with E-state index in [1.165, 1.54) is 54.6 Å². The van der Waals surface area contributed by atoms with E-state index in [0.29, 0.717) is 10.5 Å². The van der Waals surface area contributed by atoms with Crippen LogP contribution in [0.3, 0.4) is 0 Å². The number of amides is 2. The number of sulfonamides is 1. The number of H-pyrrole nitrogens is 1. The van der Waals surface area contributed by atoms with Crippen molar-refractivity contribution in [3.63, 3.8) is 0 Å². The fraction of sp³-hybridized carbons (Fsp3) is 0. The highest BCUT2D eigenvalue weighted by Gasteiger charge is 2.20. The van der Waals surface area contributed by atoms with Crippen LogP contribution in [0.1, 0.15) is 0 Å². The van der Waals surface area contributed by atoms with E-state index in [9.17, 15) is 22.8 Å². The van der Waals surface area contributed by atoms with Crippen molar-refractivity contribution in [2.45, 2.75) is 4.21 Å². The summed E-state index contributed by atoms with van der Waals surface area (Å²) >= 11 is 12.4. The number of nitrogens with zero attached hydrogens (tertiary/aromatic N) is 1. The van der Waals surface area contributed by atoms with Gasteiger partial charge in [-0.05, 0) is 54.6 Å². The monoisotopic (exact) mass is 510 g/mol. The summed E-state index contributed by atoms with van der Waals surface area (Å²) in [5.41, 5.74) is -0.405. The maximum absolute atomic E-state index is 12.8. The van der Waals surface area contributed by atoms with E-state index < -0.39 is 27.3 Å². The number of carbonyl (C=O) groups excluding carboxylic acids is 1. The molecule has 2 heterocycles. The van der Waals surface area contributed by atoms with Crippen molar-refractivity contribution in [3.05, 3.63) is 84.8 Å². The number of benzene rings is 2. The van der Waals surface area contributed by atoms with E-state index in [1.54, 1.807) is 0 Å². The van der Waals surface area contributed by atoms with Crippen LogP contribution in [0.15, 0.2) is 68.4 Å². The standard InChI is InChI=1S/C19H12Cl2N4O5S2/c20-10-1-6-13-14(9-10)23-19(28)25(17(13)26)12-4-2-11(3-5-12)22-18(27)24-32(29,30)16-8-7-15(21)31-16/h1-9H,(H,23,28)(H2,22,24,27). The fourth-order valence-electron chi connectivity index (χ4n) is 2.89. The van der Waals surface area contributed by atoms with Gasteiger partial charge in [0.25, 0.3) is 15.6 Å². The first-order chi connectivity index (χ1) is 15.1. The summed E-state index contributed by atoms with van der Waals surface area (Å²) in [4.78, 5) is 39.9.